The molecule has 14 heavy (non-hydrogen) atoms. The Balaban J connectivity index is 2.53. The summed E-state index contributed by atoms with van der Waals surface area (Å²) < 4.78 is 20.8. The molecule has 0 aromatic rings. The van der Waals surface area contributed by atoms with E-state index in [0.29, 0.717) is 0 Å². The molecule has 1 aliphatic rings. The molecule has 0 amide bonds. The van der Waals surface area contributed by atoms with Gasteiger partial charge in [-0.15, -0.1) is 0 Å². The van der Waals surface area contributed by atoms with Crippen molar-refractivity contribution in [3.05, 3.63) is 0 Å². The van der Waals surface area contributed by atoms with Crippen LogP contribution in [0.25, 0.3) is 0 Å². The fourth-order valence-corrected chi connectivity index (χ4v) is 3.33. The second-order valence-corrected chi connectivity index (χ2v) is 6.11. The molecule has 0 aliphatic carbocycles. The van der Waals surface area contributed by atoms with Gasteiger partial charge in [0, 0.05) is 0 Å². The zero-order valence-corrected chi connectivity index (χ0v) is 11.0. The van der Waals surface area contributed by atoms with Crippen molar-refractivity contribution >= 4 is 30.4 Å². The molecule has 0 saturated carbocycles. The Labute approximate surface area is 96.6 Å². The molecule has 0 bridgehead atoms. The van der Waals surface area contributed by atoms with Gasteiger partial charge in [0.05, 0.1) is 12.2 Å². The minimum absolute atomic E-state index is 0.107. The maximum atomic E-state index is 10.6. The van der Waals surface area contributed by atoms with Crippen LogP contribution in [0.5, 0.6) is 0 Å². The molecular formula is C7H14IO5P. The third-order valence-corrected chi connectivity index (χ3v) is 3.60. The lowest BCUT2D eigenvalue weighted by atomic mass is 10.0. The minimum atomic E-state index is -4.40. The Bertz CT molecular complexity index is 242. The molecule has 0 aromatic heterocycles. The van der Waals surface area contributed by atoms with Gasteiger partial charge in [0.2, 0.25) is 0 Å². The van der Waals surface area contributed by atoms with E-state index in [-0.39, 0.29) is 16.1 Å². The molecule has 1 heterocycles. The summed E-state index contributed by atoms with van der Waals surface area (Å²) in [7, 11) is -4.40. The first-order chi connectivity index (χ1) is 6.29. The molecule has 0 aromatic carbocycles. The third kappa shape index (κ3) is 3.75. The van der Waals surface area contributed by atoms with Crippen LogP contribution in [0.2, 0.25) is 0 Å². The minimum Gasteiger partial charge on any atom is -0.362 e. The van der Waals surface area contributed by atoms with E-state index in [9.17, 15) is 4.57 Å². The summed E-state index contributed by atoms with van der Waals surface area (Å²) in [5.41, 5.74) is 0. The van der Waals surface area contributed by atoms with Crippen LogP contribution in [0.1, 0.15) is 20.3 Å². The number of alkyl halides is 1. The lowest BCUT2D eigenvalue weighted by molar-refractivity contribution is -0.0111. The number of rotatable bonds is 3. The van der Waals surface area contributed by atoms with Gasteiger partial charge in [-0.1, -0.05) is 29.5 Å². The molecule has 7 heteroatoms. The zero-order valence-electron chi connectivity index (χ0n) is 7.96. The normalized spacial score (nSPS) is 35.9. The number of ether oxygens (including phenoxy) is 1. The van der Waals surface area contributed by atoms with Gasteiger partial charge in [0.25, 0.3) is 0 Å². The van der Waals surface area contributed by atoms with Crippen LogP contribution in [0.15, 0.2) is 0 Å². The Morgan fingerprint density at radius 2 is 2.21 bits per heavy atom. The predicted molar refractivity (Wildman–Crippen MR) is 59.1 cm³/mol. The molecule has 2 N–H and O–H groups in total. The molecule has 5 nitrogen and oxygen atoms in total. The van der Waals surface area contributed by atoms with E-state index in [2.05, 4.69) is 27.1 Å². The average molecular weight is 336 g/mol. The first-order valence-corrected chi connectivity index (χ1v) is 7.10. The van der Waals surface area contributed by atoms with Crippen molar-refractivity contribution in [3.63, 3.8) is 0 Å². The van der Waals surface area contributed by atoms with Crippen molar-refractivity contribution < 1.29 is 23.6 Å². The zero-order chi connectivity index (χ0) is 10.9. The molecule has 84 valence electrons. The fraction of sp³-hybridized carbons (Fsp3) is 1.00. The number of phosphoric ester groups is 1. The lowest BCUT2D eigenvalue weighted by Gasteiger charge is -2.22. The molecule has 1 saturated heterocycles. The lowest BCUT2D eigenvalue weighted by Crippen LogP contribution is -2.29. The van der Waals surface area contributed by atoms with Crippen LogP contribution < -0.4 is 0 Å². The number of halogens is 1. The molecule has 1 aliphatic heterocycles. The SMILES string of the molecule is C[C@H]1C[C@H](I)O[C@@H]1[C@@H](C)OP(=O)(O)O. The van der Waals surface area contributed by atoms with E-state index < -0.39 is 13.9 Å². The van der Waals surface area contributed by atoms with Gasteiger partial charge in [-0.25, -0.2) is 4.57 Å². The van der Waals surface area contributed by atoms with Gasteiger partial charge in [0.1, 0.15) is 4.11 Å². The molecule has 1 rings (SSSR count). The van der Waals surface area contributed by atoms with E-state index in [4.69, 9.17) is 14.5 Å². The van der Waals surface area contributed by atoms with Crippen molar-refractivity contribution in [1.29, 1.82) is 0 Å². The third-order valence-electron chi connectivity index (χ3n) is 2.19. The first-order valence-electron chi connectivity index (χ1n) is 4.33. The summed E-state index contributed by atoms with van der Waals surface area (Å²) in [5.74, 6) is 0.262. The number of hydrogen-bond donors (Lipinski definition) is 2. The molecule has 4 atom stereocenters. The molecular weight excluding hydrogens is 322 g/mol. The predicted octanol–water partition coefficient (Wildman–Crippen LogP) is 1.67. The van der Waals surface area contributed by atoms with E-state index in [1.807, 2.05) is 6.92 Å². The van der Waals surface area contributed by atoms with Crippen LogP contribution in [0.4, 0.5) is 0 Å². The average Bonchev–Trinajstić information content (AvgIpc) is 2.26. The summed E-state index contributed by atoms with van der Waals surface area (Å²) >= 11 is 2.16. The monoisotopic (exact) mass is 336 g/mol. The van der Waals surface area contributed by atoms with Crippen LogP contribution in [-0.2, 0) is 13.8 Å². The highest BCUT2D eigenvalue weighted by atomic mass is 127. The quantitative estimate of drug-likeness (QED) is 0.466. The summed E-state index contributed by atoms with van der Waals surface area (Å²) in [4.78, 5) is 17.3. The Kier molecular flexibility index (Phi) is 4.37. The molecule has 0 radical (unpaired) electrons. The second-order valence-electron chi connectivity index (χ2n) is 3.52. The van der Waals surface area contributed by atoms with Gasteiger partial charge < -0.3 is 14.5 Å². The maximum absolute atomic E-state index is 10.6. The molecule has 0 spiro atoms. The second kappa shape index (κ2) is 4.76. The summed E-state index contributed by atoms with van der Waals surface area (Å²) in [6.07, 6.45) is 0.0789. The van der Waals surface area contributed by atoms with Crippen LogP contribution in [-0.4, -0.2) is 26.1 Å². The van der Waals surface area contributed by atoms with Crippen LogP contribution >= 0.6 is 30.4 Å². The van der Waals surface area contributed by atoms with Gasteiger partial charge >= 0.3 is 7.82 Å². The van der Waals surface area contributed by atoms with E-state index in [1.165, 1.54) is 0 Å². The first kappa shape index (κ1) is 12.9. The van der Waals surface area contributed by atoms with Crippen molar-refractivity contribution in [2.75, 3.05) is 0 Å². The molecule has 0 unspecified atom stereocenters. The van der Waals surface area contributed by atoms with Gasteiger partial charge in [-0.3, -0.25) is 4.52 Å². The van der Waals surface area contributed by atoms with Gasteiger partial charge in [-0.2, -0.15) is 0 Å². The largest absolute Gasteiger partial charge is 0.469 e. The maximum Gasteiger partial charge on any atom is 0.469 e. The Morgan fingerprint density at radius 3 is 2.57 bits per heavy atom. The summed E-state index contributed by atoms with van der Waals surface area (Å²) in [6.45, 7) is 3.61. The highest BCUT2D eigenvalue weighted by Crippen LogP contribution is 2.41. The highest BCUT2D eigenvalue weighted by Gasteiger charge is 2.37. The van der Waals surface area contributed by atoms with E-state index in [1.54, 1.807) is 6.92 Å². The number of hydrogen-bond acceptors (Lipinski definition) is 3. The smallest absolute Gasteiger partial charge is 0.362 e. The standard InChI is InChI=1S/C7H14IO5P/c1-4-3-6(8)12-7(4)5(2)13-14(9,10)11/h4-7H,3H2,1-2H3,(H2,9,10,11)/t4-,5+,6+,7-/m0/s1. The van der Waals surface area contributed by atoms with Crippen LogP contribution in [0.3, 0.4) is 0 Å². The van der Waals surface area contributed by atoms with Crippen molar-refractivity contribution in [3.8, 4) is 0 Å². The van der Waals surface area contributed by atoms with Crippen molar-refractivity contribution in [1.82, 2.24) is 0 Å². The molecule has 1 fully saturated rings. The Hall–Kier alpha value is 0.800. The fourth-order valence-electron chi connectivity index (χ4n) is 1.64. The van der Waals surface area contributed by atoms with E-state index in [0.717, 1.165) is 6.42 Å². The Morgan fingerprint density at radius 1 is 1.64 bits per heavy atom. The van der Waals surface area contributed by atoms with Gasteiger partial charge in [0.15, 0.2) is 0 Å². The summed E-state index contributed by atoms with van der Waals surface area (Å²) in [5, 5.41) is 0. The highest BCUT2D eigenvalue weighted by molar-refractivity contribution is 14.1. The summed E-state index contributed by atoms with van der Waals surface area (Å²) in [6, 6.07) is 0. The topological polar surface area (TPSA) is 76.0 Å². The van der Waals surface area contributed by atoms with Gasteiger partial charge in [-0.05, 0) is 19.3 Å². The van der Waals surface area contributed by atoms with E-state index >= 15 is 0 Å². The van der Waals surface area contributed by atoms with Crippen LogP contribution in [0, 0.1) is 5.92 Å². The van der Waals surface area contributed by atoms with Crippen molar-refractivity contribution in [2.45, 2.75) is 36.6 Å². The number of phosphoric acid groups is 1. The van der Waals surface area contributed by atoms with Crippen molar-refractivity contribution in [2.24, 2.45) is 5.92 Å².